The van der Waals surface area contributed by atoms with Crippen molar-refractivity contribution in [3.63, 3.8) is 0 Å². The minimum Gasteiger partial charge on any atom is -0.454 e. The minimum absolute atomic E-state index is 0.790. The maximum atomic E-state index is 7.29. The first-order valence-electron chi connectivity index (χ1n) is 23.6. The lowest BCUT2D eigenvalue weighted by Gasteiger charge is -2.32. The van der Waals surface area contributed by atoms with Gasteiger partial charge in [0.1, 0.15) is 16.9 Å². The van der Waals surface area contributed by atoms with Crippen molar-refractivity contribution in [2.75, 3.05) is 9.80 Å². The van der Waals surface area contributed by atoms with Crippen LogP contribution in [-0.2, 0) is 0 Å². The normalized spacial score (nSPS) is 12.7. The summed E-state index contributed by atoms with van der Waals surface area (Å²) in [5.74, 6) is 1.58. The molecule has 1 aliphatic carbocycles. The highest BCUT2D eigenvalue weighted by atomic mass is 16.5. The number of benzene rings is 10. The van der Waals surface area contributed by atoms with Gasteiger partial charge in [0.25, 0.3) is 0 Å². The molecule has 0 saturated heterocycles. The van der Waals surface area contributed by atoms with Crippen LogP contribution in [0.5, 0.6) is 11.5 Å². The van der Waals surface area contributed by atoms with E-state index in [0.29, 0.717) is 0 Å². The van der Waals surface area contributed by atoms with Crippen molar-refractivity contribution < 1.29 is 13.6 Å². The smallest absolute Gasteiger partial charge is 0.159 e. The highest BCUT2D eigenvalue weighted by molar-refractivity contribution is 6.13. The summed E-state index contributed by atoms with van der Waals surface area (Å²) in [5.41, 5.74) is 16.3. The fourth-order valence-corrected chi connectivity index (χ4v) is 10.7. The summed E-state index contributed by atoms with van der Waals surface area (Å²) in [4.78, 5) is 4.69. The highest BCUT2D eigenvalue weighted by Crippen LogP contribution is 2.55. The molecule has 14 rings (SSSR count). The number of hydrogen-bond acceptors (Lipinski definition) is 5. The quantitative estimate of drug-likeness (QED) is 0.152. The second-order valence-electron chi connectivity index (χ2n) is 17.9. The molecule has 0 spiro atoms. The molecule has 10 aromatic carbocycles. The van der Waals surface area contributed by atoms with Crippen molar-refractivity contribution in [2.24, 2.45) is 0 Å². The van der Waals surface area contributed by atoms with Crippen molar-refractivity contribution >= 4 is 83.9 Å². The van der Waals surface area contributed by atoms with Gasteiger partial charge >= 0.3 is 0 Å². The van der Waals surface area contributed by atoms with Crippen LogP contribution in [0, 0.1) is 0 Å². The zero-order valence-corrected chi connectivity index (χ0v) is 37.5. The third-order valence-electron chi connectivity index (χ3n) is 13.9. The van der Waals surface area contributed by atoms with Crippen molar-refractivity contribution in [3.05, 3.63) is 235 Å². The molecule has 5 heteroatoms. The molecule has 0 N–H and O–H groups in total. The van der Waals surface area contributed by atoms with Gasteiger partial charge in [-0.2, -0.15) is 0 Å². The Labute approximate surface area is 398 Å². The molecule has 0 amide bonds. The second-order valence-corrected chi connectivity index (χ2v) is 17.9. The summed E-state index contributed by atoms with van der Waals surface area (Å²) in [6.07, 6.45) is 4.05. The van der Waals surface area contributed by atoms with Gasteiger partial charge in [-0.3, -0.25) is 0 Å². The molecule has 0 atom stereocenters. The summed E-state index contributed by atoms with van der Waals surface area (Å²) < 4.78 is 20.8. The maximum absolute atomic E-state index is 7.29. The van der Waals surface area contributed by atoms with Gasteiger partial charge in [0.05, 0.1) is 17.1 Å². The van der Waals surface area contributed by atoms with E-state index in [1.165, 1.54) is 16.7 Å². The molecule has 5 nitrogen and oxygen atoms in total. The average molecular weight is 887 g/mol. The van der Waals surface area contributed by atoms with E-state index in [2.05, 4.69) is 222 Å². The number of para-hydroxylation sites is 3. The van der Waals surface area contributed by atoms with E-state index in [1.54, 1.807) is 0 Å². The largest absolute Gasteiger partial charge is 0.454 e. The zero-order chi connectivity index (χ0) is 45.4. The SMILES string of the molecule is C1=c2c(oc3ccccc23)=C(N(c2ccc(-c3ccccc3)cc2)c2ccc3c(c2)-c2cccc4ccc(N(c5ccc(-c6ccccc6)cc5)c5cccc6c5oc5ccccc56)c(c24)O3)CC1. The molecule has 3 heterocycles. The van der Waals surface area contributed by atoms with Crippen molar-refractivity contribution in [1.29, 1.82) is 0 Å². The summed E-state index contributed by atoms with van der Waals surface area (Å²) in [6, 6.07) is 79.5. The van der Waals surface area contributed by atoms with Crippen LogP contribution in [-0.4, -0.2) is 0 Å². The van der Waals surface area contributed by atoms with Crippen LogP contribution in [0.4, 0.5) is 28.4 Å². The number of hydrogen-bond donors (Lipinski definition) is 0. The standard InChI is InChI=1S/C64H42N2O3/c1-3-14-41(15-4-1)43-28-33-46(34-29-43)65(55-24-12-22-52-49-19-7-9-26-58(49)67-62(52)55)48-37-39-60-54(40-48)51-21-11-18-45-32-38-57(64(69-60)61(45)51)66(47-35-30-44(31-36-47)42-16-5-2-6-17-42)56-25-13-23-53-50-20-8-10-27-59(50)68-63(53)56/h1-11,13-23,25-40H,12,24H2. The fourth-order valence-electron chi connectivity index (χ4n) is 10.7. The third-order valence-corrected chi connectivity index (χ3v) is 13.9. The van der Waals surface area contributed by atoms with E-state index in [4.69, 9.17) is 13.6 Å². The molecule has 1 aliphatic heterocycles. The second kappa shape index (κ2) is 15.8. The number of rotatable bonds is 8. The molecule has 0 fully saturated rings. The first-order chi connectivity index (χ1) is 34.2. The average Bonchev–Trinajstić information content (AvgIpc) is 4.00. The van der Waals surface area contributed by atoms with E-state index in [1.807, 2.05) is 18.2 Å². The molecule has 0 radical (unpaired) electrons. The molecule has 12 aromatic rings. The molecule has 326 valence electrons. The molecule has 69 heavy (non-hydrogen) atoms. The Bertz CT molecular complexity index is 4100. The van der Waals surface area contributed by atoms with Crippen molar-refractivity contribution in [1.82, 2.24) is 0 Å². The van der Waals surface area contributed by atoms with Gasteiger partial charge in [0, 0.05) is 49.4 Å². The van der Waals surface area contributed by atoms with Gasteiger partial charge in [-0.05, 0) is 113 Å². The number of ether oxygens (including phenoxy) is 1. The monoisotopic (exact) mass is 886 g/mol. The lowest BCUT2D eigenvalue weighted by atomic mass is 9.93. The van der Waals surface area contributed by atoms with Gasteiger partial charge in [-0.25, -0.2) is 0 Å². The van der Waals surface area contributed by atoms with E-state index in [9.17, 15) is 0 Å². The molecule has 0 saturated carbocycles. The molecule has 0 unspecified atom stereocenters. The molecular weight excluding hydrogens is 845 g/mol. The van der Waals surface area contributed by atoms with Crippen molar-refractivity contribution in [3.8, 4) is 44.9 Å². The lowest BCUT2D eigenvalue weighted by molar-refractivity contribution is 0.488. The Morgan fingerprint density at radius 1 is 0.406 bits per heavy atom. The highest BCUT2D eigenvalue weighted by Gasteiger charge is 2.30. The zero-order valence-electron chi connectivity index (χ0n) is 37.5. The van der Waals surface area contributed by atoms with Crippen LogP contribution in [0.1, 0.15) is 12.8 Å². The number of anilines is 5. The Balaban J connectivity index is 0.956. The number of nitrogens with zero attached hydrogens (tertiary/aromatic N) is 2. The number of furan rings is 2. The molecular formula is C64H42N2O3. The van der Waals surface area contributed by atoms with Crippen LogP contribution in [0.15, 0.2) is 233 Å². The maximum Gasteiger partial charge on any atom is 0.159 e. The lowest BCUT2D eigenvalue weighted by Crippen LogP contribution is -2.33. The predicted molar refractivity (Wildman–Crippen MR) is 283 cm³/mol. The van der Waals surface area contributed by atoms with E-state index >= 15 is 0 Å². The number of fused-ring (bicyclic) bond motifs is 8. The van der Waals surface area contributed by atoms with Crippen LogP contribution in [0.25, 0.3) is 88.8 Å². The minimum atomic E-state index is 0.790. The first kappa shape index (κ1) is 39.1. The van der Waals surface area contributed by atoms with Gasteiger partial charge in [-0.1, -0.05) is 164 Å². The summed E-state index contributed by atoms with van der Waals surface area (Å²) in [7, 11) is 0. The summed E-state index contributed by atoms with van der Waals surface area (Å²) in [6.45, 7) is 0. The van der Waals surface area contributed by atoms with Crippen LogP contribution in [0.2, 0.25) is 0 Å². The first-order valence-corrected chi connectivity index (χ1v) is 23.6. The van der Waals surface area contributed by atoms with Gasteiger partial charge in [0.2, 0.25) is 0 Å². The van der Waals surface area contributed by atoms with Crippen LogP contribution < -0.4 is 25.2 Å². The Hall–Kier alpha value is -9.06. The van der Waals surface area contributed by atoms with Gasteiger partial charge in [-0.15, -0.1) is 0 Å². The van der Waals surface area contributed by atoms with Crippen molar-refractivity contribution in [2.45, 2.75) is 12.8 Å². The predicted octanol–water partition coefficient (Wildman–Crippen LogP) is 16.6. The van der Waals surface area contributed by atoms with Crippen LogP contribution >= 0.6 is 0 Å². The molecule has 2 aliphatic rings. The summed E-state index contributed by atoms with van der Waals surface area (Å²) in [5, 5.41) is 6.59. The van der Waals surface area contributed by atoms with E-state index in [-0.39, 0.29) is 0 Å². The van der Waals surface area contributed by atoms with Gasteiger partial charge < -0.3 is 23.4 Å². The topological polar surface area (TPSA) is 42.0 Å². The Kier molecular flexibility index (Phi) is 8.96. The summed E-state index contributed by atoms with van der Waals surface area (Å²) >= 11 is 0. The van der Waals surface area contributed by atoms with Crippen LogP contribution in [0.3, 0.4) is 0 Å². The van der Waals surface area contributed by atoms with E-state index in [0.717, 1.165) is 129 Å². The third kappa shape index (κ3) is 6.39. The fraction of sp³-hybridized carbons (Fsp3) is 0.0312. The molecule has 2 aromatic heterocycles. The Morgan fingerprint density at radius 2 is 1.01 bits per heavy atom. The Morgan fingerprint density at radius 3 is 1.75 bits per heavy atom. The van der Waals surface area contributed by atoms with E-state index < -0.39 is 0 Å². The molecule has 0 bridgehead atoms. The van der Waals surface area contributed by atoms with Gasteiger partial charge in [0.15, 0.2) is 16.7 Å².